The number of rotatable bonds is 5. The molecule has 0 bridgehead atoms. The van der Waals surface area contributed by atoms with Crippen molar-refractivity contribution in [1.29, 1.82) is 0 Å². The van der Waals surface area contributed by atoms with Crippen LogP contribution in [0.25, 0.3) is 11.0 Å². The Bertz CT molecular complexity index is 793. The fourth-order valence-corrected chi connectivity index (χ4v) is 2.20. The monoisotopic (exact) mass is 300 g/mol. The van der Waals surface area contributed by atoms with Crippen molar-refractivity contribution in [3.05, 3.63) is 36.0 Å². The number of anilines is 1. The van der Waals surface area contributed by atoms with Gasteiger partial charge in [-0.25, -0.2) is 4.63 Å². The molecule has 1 N–H and O–H groups in total. The topological polar surface area (TPSA) is 89.1 Å². The molecular formula is C14H16N6O2. The van der Waals surface area contributed by atoms with Gasteiger partial charge in [0.25, 0.3) is 0 Å². The van der Waals surface area contributed by atoms with Gasteiger partial charge in [-0.15, -0.1) is 0 Å². The molecule has 3 rings (SSSR count). The van der Waals surface area contributed by atoms with Crippen LogP contribution >= 0.6 is 0 Å². The fourth-order valence-electron chi connectivity index (χ4n) is 2.20. The highest BCUT2D eigenvalue weighted by Crippen LogP contribution is 2.13. The average molecular weight is 300 g/mol. The van der Waals surface area contributed by atoms with Crippen LogP contribution in [0.3, 0.4) is 0 Å². The molecule has 0 saturated heterocycles. The van der Waals surface area contributed by atoms with Gasteiger partial charge in [-0.3, -0.25) is 14.4 Å². The van der Waals surface area contributed by atoms with Crippen LogP contribution in [0.15, 0.2) is 35.1 Å². The van der Waals surface area contributed by atoms with Crippen LogP contribution in [0, 0.1) is 0 Å². The molecule has 0 aliphatic rings. The van der Waals surface area contributed by atoms with Gasteiger partial charge in [0.1, 0.15) is 11.0 Å². The fraction of sp³-hybridized carbons (Fsp3) is 0.286. The van der Waals surface area contributed by atoms with E-state index < -0.39 is 0 Å². The number of nitrogens with zero attached hydrogens (tertiary/aromatic N) is 5. The van der Waals surface area contributed by atoms with E-state index in [4.69, 9.17) is 0 Å². The predicted molar refractivity (Wildman–Crippen MR) is 80.0 cm³/mol. The van der Waals surface area contributed by atoms with Crippen molar-refractivity contribution in [1.82, 2.24) is 25.0 Å². The number of nitrogens with one attached hydrogen (secondary N) is 1. The molecule has 2 heterocycles. The van der Waals surface area contributed by atoms with Gasteiger partial charge >= 0.3 is 0 Å². The third-order valence-corrected chi connectivity index (χ3v) is 3.17. The Morgan fingerprint density at radius 2 is 2.14 bits per heavy atom. The first-order valence-corrected chi connectivity index (χ1v) is 6.79. The maximum Gasteiger partial charge on any atom is 0.239 e. The molecular weight excluding hydrogens is 284 g/mol. The van der Waals surface area contributed by atoms with E-state index in [9.17, 15) is 4.79 Å². The van der Waals surface area contributed by atoms with Crippen molar-refractivity contribution in [2.45, 2.75) is 6.54 Å². The molecule has 0 atom stereocenters. The zero-order chi connectivity index (χ0) is 15.5. The summed E-state index contributed by atoms with van der Waals surface area (Å²) in [4.78, 5) is 13.9. The van der Waals surface area contributed by atoms with Gasteiger partial charge in [-0.05, 0) is 35.1 Å². The van der Waals surface area contributed by atoms with Crippen LogP contribution < -0.4 is 5.32 Å². The van der Waals surface area contributed by atoms with Crippen LogP contribution in [-0.4, -0.2) is 44.5 Å². The smallest absolute Gasteiger partial charge is 0.239 e. The number of carbonyl (C=O) groups is 1. The summed E-state index contributed by atoms with van der Waals surface area (Å²) in [5.74, 6) is 0.446. The zero-order valence-corrected chi connectivity index (χ0v) is 12.4. The van der Waals surface area contributed by atoms with Crippen LogP contribution in [0.2, 0.25) is 0 Å². The van der Waals surface area contributed by atoms with E-state index in [0.717, 1.165) is 11.1 Å². The summed E-state index contributed by atoms with van der Waals surface area (Å²) in [5.41, 5.74) is 2.47. The molecule has 0 radical (unpaired) electrons. The maximum absolute atomic E-state index is 12.0. The summed E-state index contributed by atoms with van der Waals surface area (Å²) in [7, 11) is 3.68. The summed E-state index contributed by atoms with van der Waals surface area (Å²) >= 11 is 0. The third-order valence-electron chi connectivity index (χ3n) is 3.17. The predicted octanol–water partition coefficient (Wildman–Crippen LogP) is 1.03. The highest BCUT2D eigenvalue weighted by atomic mass is 16.6. The van der Waals surface area contributed by atoms with E-state index in [1.165, 1.54) is 0 Å². The highest BCUT2D eigenvalue weighted by molar-refractivity contribution is 5.91. The molecule has 1 amide bonds. The number of amides is 1. The van der Waals surface area contributed by atoms with Gasteiger partial charge in [-0.2, -0.15) is 5.10 Å². The van der Waals surface area contributed by atoms with Gasteiger partial charge < -0.3 is 5.32 Å². The minimum absolute atomic E-state index is 0.106. The van der Waals surface area contributed by atoms with Gasteiger partial charge in [-0.1, -0.05) is 6.07 Å². The summed E-state index contributed by atoms with van der Waals surface area (Å²) in [5, 5.41) is 14.4. The Labute approximate surface area is 126 Å². The Morgan fingerprint density at radius 3 is 2.91 bits per heavy atom. The second kappa shape index (κ2) is 5.94. The number of aromatic nitrogens is 4. The average Bonchev–Trinajstić information content (AvgIpc) is 3.06. The van der Waals surface area contributed by atoms with Gasteiger partial charge in [0, 0.05) is 25.9 Å². The molecule has 0 fully saturated rings. The lowest BCUT2D eigenvalue weighted by Gasteiger charge is -2.15. The number of aryl methyl sites for hydroxylation is 1. The molecule has 0 aliphatic heterocycles. The van der Waals surface area contributed by atoms with Crippen LogP contribution in [0.1, 0.15) is 5.56 Å². The highest BCUT2D eigenvalue weighted by Gasteiger charge is 2.10. The number of benzene rings is 1. The SMILES string of the molecule is CN(CC(=O)Nc1ccn(C)n1)Cc1ccc2nonc2c1. The molecule has 8 nitrogen and oxygen atoms in total. The van der Waals surface area contributed by atoms with Crippen LogP contribution in [-0.2, 0) is 18.4 Å². The zero-order valence-electron chi connectivity index (χ0n) is 12.4. The van der Waals surface area contributed by atoms with Crippen molar-refractivity contribution < 1.29 is 9.42 Å². The van der Waals surface area contributed by atoms with E-state index in [0.29, 0.717) is 17.9 Å². The van der Waals surface area contributed by atoms with E-state index in [1.54, 1.807) is 24.0 Å². The van der Waals surface area contributed by atoms with Crippen molar-refractivity contribution in [3.8, 4) is 0 Å². The minimum Gasteiger partial charge on any atom is -0.308 e. The lowest BCUT2D eigenvalue weighted by Crippen LogP contribution is -2.30. The van der Waals surface area contributed by atoms with Gasteiger partial charge in [0.05, 0.1) is 6.54 Å². The van der Waals surface area contributed by atoms with Gasteiger partial charge in [0.2, 0.25) is 5.91 Å². The van der Waals surface area contributed by atoms with Crippen molar-refractivity contribution in [3.63, 3.8) is 0 Å². The molecule has 0 aliphatic carbocycles. The molecule has 1 aromatic carbocycles. The lowest BCUT2D eigenvalue weighted by atomic mass is 10.2. The number of hydrogen-bond donors (Lipinski definition) is 1. The lowest BCUT2D eigenvalue weighted by molar-refractivity contribution is -0.117. The van der Waals surface area contributed by atoms with Gasteiger partial charge in [0.15, 0.2) is 5.82 Å². The minimum atomic E-state index is -0.106. The summed E-state index contributed by atoms with van der Waals surface area (Å²) in [6.45, 7) is 0.893. The number of hydrogen-bond acceptors (Lipinski definition) is 6. The maximum atomic E-state index is 12.0. The Morgan fingerprint density at radius 1 is 1.32 bits per heavy atom. The third kappa shape index (κ3) is 3.29. The first kappa shape index (κ1) is 14.2. The van der Waals surface area contributed by atoms with E-state index in [-0.39, 0.29) is 12.5 Å². The standard InChI is InChI=1S/C14H16N6O2/c1-19(9-14(21)15-13-5-6-20(2)16-13)8-10-3-4-11-12(7-10)18-22-17-11/h3-7H,8-9H2,1-2H3,(H,15,16,21). The van der Waals surface area contributed by atoms with Crippen molar-refractivity contribution in [2.75, 3.05) is 18.9 Å². The second-order valence-electron chi connectivity index (χ2n) is 5.18. The Balaban J connectivity index is 1.57. The Kier molecular flexibility index (Phi) is 3.84. The van der Waals surface area contributed by atoms with Crippen LogP contribution in [0.4, 0.5) is 5.82 Å². The summed E-state index contributed by atoms with van der Waals surface area (Å²) < 4.78 is 6.31. The summed E-state index contributed by atoms with van der Waals surface area (Å²) in [6.07, 6.45) is 1.78. The molecule has 22 heavy (non-hydrogen) atoms. The number of likely N-dealkylation sites (N-methyl/N-ethyl adjacent to an activating group) is 1. The van der Waals surface area contributed by atoms with E-state index in [1.807, 2.05) is 30.1 Å². The van der Waals surface area contributed by atoms with E-state index >= 15 is 0 Å². The van der Waals surface area contributed by atoms with Crippen molar-refractivity contribution in [2.24, 2.45) is 7.05 Å². The molecule has 114 valence electrons. The molecule has 2 aromatic heterocycles. The quantitative estimate of drug-likeness (QED) is 0.757. The molecule has 0 unspecified atom stereocenters. The molecule has 0 spiro atoms. The largest absolute Gasteiger partial charge is 0.308 e. The normalized spacial score (nSPS) is 11.2. The first-order valence-electron chi connectivity index (χ1n) is 6.79. The number of carbonyl (C=O) groups excluding carboxylic acids is 1. The second-order valence-corrected chi connectivity index (χ2v) is 5.18. The number of fused-ring (bicyclic) bond motifs is 1. The first-order chi connectivity index (χ1) is 10.6. The van der Waals surface area contributed by atoms with Crippen LogP contribution in [0.5, 0.6) is 0 Å². The molecule has 8 heteroatoms. The molecule has 0 saturated carbocycles. The van der Waals surface area contributed by atoms with Crippen molar-refractivity contribution >= 4 is 22.8 Å². The Hall–Kier alpha value is -2.74. The molecule has 3 aromatic rings. The van der Waals surface area contributed by atoms with E-state index in [2.05, 4.69) is 25.4 Å². The summed E-state index contributed by atoms with van der Waals surface area (Å²) in [6, 6.07) is 7.45.